The van der Waals surface area contributed by atoms with E-state index in [4.69, 9.17) is 0 Å². The van der Waals surface area contributed by atoms with Gasteiger partial charge in [0.15, 0.2) is 0 Å². The molecule has 0 radical (unpaired) electrons. The largest absolute Gasteiger partial charge is 0.481 e. The Morgan fingerprint density at radius 1 is 1.38 bits per heavy atom. The Morgan fingerprint density at radius 2 is 2.10 bits per heavy atom. The van der Waals surface area contributed by atoms with E-state index in [1.165, 1.54) is 0 Å². The molecule has 2 N–H and O–H groups in total. The Bertz CT molecular complexity index is 593. The van der Waals surface area contributed by atoms with Crippen molar-refractivity contribution in [3.8, 4) is 0 Å². The third-order valence-electron chi connectivity index (χ3n) is 4.59. The summed E-state index contributed by atoms with van der Waals surface area (Å²) < 4.78 is 1.82. The summed E-state index contributed by atoms with van der Waals surface area (Å²) in [5, 5.41) is 16.4. The van der Waals surface area contributed by atoms with E-state index in [1.54, 1.807) is 6.20 Å². The molecule has 112 valence electrons. The normalized spacial score (nSPS) is 29.8. The number of amides is 1. The maximum Gasteiger partial charge on any atom is 0.307 e. The molecule has 2 bridgehead atoms. The number of allylic oxidation sites excluding steroid dienone is 2. The molecule has 1 heterocycles. The Hall–Kier alpha value is -2.11. The topological polar surface area (TPSA) is 84.2 Å². The van der Waals surface area contributed by atoms with Crippen LogP contribution in [0.5, 0.6) is 0 Å². The summed E-state index contributed by atoms with van der Waals surface area (Å²) in [6, 6.07) is 1.86. The number of rotatable bonds is 5. The van der Waals surface area contributed by atoms with Crippen molar-refractivity contribution in [3.63, 3.8) is 0 Å². The van der Waals surface area contributed by atoms with E-state index < -0.39 is 17.8 Å². The molecule has 0 aromatic carbocycles. The molecule has 1 aromatic heterocycles. The molecule has 2 aliphatic rings. The second-order valence-corrected chi connectivity index (χ2v) is 5.69. The van der Waals surface area contributed by atoms with Gasteiger partial charge in [0.2, 0.25) is 5.91 Å². The monoisotopic (exact) mass is 289 g/mol. The smallest absolute Gasteiger partial charge is 0.307 e. The number of aryl methyl sites for hydroxylation is 1. The summed E-state index contributed by atoms with van der Waals surface area (Å²) in [4.78, 5) is 23.8. The van der Waals surface area contributed by atoms with Crippen molar-refractivity contribution >= 4 is 11.9 Å². The molecular weight excluding hydrogens is 270 g/mol. The van der Waals surface area contributed by atoms with E-state index in [-0.39, 0.29) is 17.7 Å². The number of carbonyl (C=O) groups excluding carboxylic acids is 1. The molecule has 3 rings (SSSR count). The van der Waals surface area contributed by atoms with Gasteiger partial charge in [0.1, 0.15) is 0 Å². The molecule has 1 fully saturated rings. The van der Waals surface area contributed by atoms with E-state index in [1.807, 2.05) is 29.8 Å². The Kier molecular flexibility index (Phi) is 3.53. The van der Waals surface area contributed by atoms with Gasteiger partial charge in [0.05, 0.1) is 24.1 Å². The van der Waals surface area contributed by atoms with Gasteiger partial charge in [-0.2, -0.15) is 5.10 Å². The van der Waals surface area contributed by atoms with Gasteiger partial charge in [-0.15, -0.1) is 0 Å². The van der Waals surface area contributed by atoms with Crippen molar-refractivity contribution in [3.05, 3.63) is 30.1 Å². The predicted octanol–water partition coefficient (Wildman–Crippen LogP) is 1.04. The first-order valence-electron chi connectivity index (χ1n) is 7.31. The van der Waals surface area contributed by atoms with Gasteiger partial charge < -0.3 is 10.4 Å². The molecular formula is C15H19N3O3. The first-order valence-corrected chi connectivity index (χ1v) is 7.31. The lowest BCUT2D eigenvalue weighted by Crippen LogP contribution is -2.40. The molecule has 6 nitrogen and oxygen atoms in total. The zero-order chi connectivity index (χ0) is 15.0. The van der Waals surface area contributed by atoms with Crippen LogP contribution in [0, 0.1) is 23.7 Å². The lowest BCUT2D eigenvalue weighted by molar-refractivity contribution is -0.147. The molecule has 0 spiro atoms. The maximum atomic E-state index is 12.4. The number of carboxylic acid groups (broad SMARTS) is 1. The molecule has 6 heteroatoms. The standard InChI is InChI=1S/C15H19N3O3/c1-2-18-11(5-6-17-18)8-16-14(19)12-9-3-4-10(7-9)13(12)15(20)21/h3-6,9-10,12-13H,2,7-8H2,1H3,(H,16,19)(H,20,21)/t9-,10+,12-,13+/m1/s1. The van der Waals surface area contributed by atoms with Crippen molar-refractivity contribution in [1.82, 2.24) is 15.1 Å². The highest BCUT2D eigenvalue weighted by molar-refractivity contribution is 5.86. The lowest BCUT2D eigenvalue weighted by atomic mass is 9.82. The predicted molar refractivity (Wildman–Crippen MR) is 75.1 cm³/mol. The number of hydrogen-bond acceptors (Lipinski definition) is 3. The average molecular weight is 289 g/mol. The molecule has 1 amide bonds. The van der Waals surface area contributed by atoms with Crippen LogP contribution < -0.4 is 5.32 Å². The number of nitrogens with one attached hydrogen (secondary N) is 1. The summed E-state index contributed by atoms with van der Waals surface area (Å²) in [7, 11) is 0. The maximum absolute atomic E-state index is 12.4. The van der Waals surface area contributed by atoms with E-state index in [0.29, 0.717) is 6.54 Å². The zero-order valence-corrected chi connectivity index (χ0v) is 11.9. The number of aromatic nitrogens is 2. The number of fused-ring (bicyclic) bond motifs is 2. The zero-order valence-electron chi connectivity index (χ0n) is 11.9. The Morgan fingerprint density at radius 3 is 2.76 bits per heavy atom. The van der Waals surface area contributed by atoms with Gasteiger partial charge in [-0.3, -0.25) is 14.3 Å². The van der Waals surface area contributed by atoms with Gasteiger partial charge in [0, 0.05) is 12.7 Å². The number of carboxylic acids is 1. The van der Waals surface area contributed by atoms with Gasteiger partial charge >= 0.3 is 5.97 Å². The van der Waals surface area contributed by atoms with Crippen LogP contribution in [-0.4, -0.2) is 26.8 Å². The Balaban J connectivity index is 1.68. The van der Waals surface area contributed by atoms with Gasteiger partial charge in [-0.1, -0.05) is 12.2 Å². The highest BCUT2D eigenvalue weighted by atomic mass is 16.4. The summed E-state index contributed by atoms with van der Waals surface area (Å²) >= 11 is 0. The summed E-state index contributed by atoms with van der Waals surface area (Å²) in [6.07, 6.45) is 6.41. The molecule has 21 heavy (non-hydrogen) atoms. The van der Waals surface area contributed by atoms with Crippen LogP contribution in [0.15, 0.2) is 24.4 Å². The van der Waals surface area contributed by atoms with Crippen LogP contribution in [-0.2, 0) is 22.7 Å². The third-order valence-corrected chi connectivity index (χ3v) is 4.59. The summed E-state index contributed by atoms with van der Waals surface area (Å²) in [5.74, 6) is -2.00. The fraction of sp³-hybridized carbons (Fsp3) is 0.533. The van der Waals surface area contributed by atoms with E-state index in [0.717, 1.165) is 18.7 Å². The van der Waals surface area contributed by atoms with Crippen LogP contribution >= 0.6 is 0 Å². The van der Waals surface area contributed by atoms with Crippen molar-refractivity contribution < 1.29 is 14.7 Å². The van der Waals surface area contributed by atoms with Crippen LogP contribution in [0.2, 0.25) is 0 Å². The fourth-order valence-corrected chi connectivity index (χ4v) is 3.61. The van der Waals surface area contributed by atoms with Crippen LogP contribution in [0.1, 0.15) is 19.0 Å². The van der Waals surface area contributed by atoms with E-state index in [9.17, 15) is 14.7 Å². The quantitative estimate of drug-likeness (QED) is 0.793. The van der Waals surface area contributed by atoms with E-state index >= 15 is 0 Å². The van der Waals surface area contributed by atoms with Crippen molar-refractivity contribution in [2.75, 3.05) is 0 Å². The summed E-state index contributed by atoms with van der Waals surface area (Å²) in [5.41, 5.74) is 0.927. The van der Waals surface area contributed by atoms with Crippen molar-refractivity contribution in [2.45, 2.75) is 26.4 Å². The molecule has 0 saturated heterocycles. The first-order chi connectivity index (χ1) is 10.1. The molecule has 0 aliphatic heterocycles. The van der Waals surface area contributed by atoms with E-state index in [2.05, 4.69) is 10.4 Å². The molecule has 1 saturated carbocycles. The Labute approximate surface area is 122 Å². The molecule has 0 unspecified atom stereocenters. The van der Waals surface area contributed by atoms with Crippen molar-refractivity contribution in [2.24, 2.45) is 23.7 Å². The molecule has 1 aromatic rings. The van der Waals surface area contributed by atoms with Crippen LogP contribution in [0.4, 0.5) is 0 Å². The first kappa shape index (κ1) is 13.9. The minimum Gasteiger partial charge on any atom is -0.481 e. The number of hydrogen-bond donors (Lipinski definition) is 2. The summed E-state index contributed by atoms with van der Waals surface area (Å²) in [6.45, 7) is 3.11. The van der Waals surface area contributed by atoms with Gasteiger partial charge in [-0.25, -0.2) is 0 Å². The fourth-order valence-electron chi connectivity index (χ4n) is 3.61. The van der Waals surface area contributed by atoms with Gasteiger partial charge in [-0.05, 0) is 31.2 Å². The minimum absolute atomic E-state index is 0.00409. The van der Waals surface area contributed by atoms with Crippen LogP contribution in [0.25, 0.3) is 0 Å². The molecule has 2 aliphatic carbocycles. The average Bonchev–Trinajstić information content (AvgIpc) is 3.18. The number of carbonyl (C=O) groups is 2. The third kappa shape index (κ3) is 2.34. The van der Waals surface area contributed by atoms with Crippen LogP contribution in [0.3, 0.4) is 0 Å². The van der Waals surface area contributed by atoms with Gasteiger partial charge in [0.25, 0.3) is 0 Å². The minimum atomic E-state index is -0.870. The SMILES string of the molecule is CCn1nccc1CNC(=O)[C@H]1[C@@H](C(=O)O)[C@H]2C=C[C@@H]1C2. The lowest BCUT2D eigenvalue weighted by Gasteiger charge is -2.23. The number of nitrogens with zero attached hydrogens (tertiary/aromatic N) is 2. The second-order valence-electron chi connectivity index (χ2n) is 5.69. The number of aliphatic carboxylic acids is 1. The van der Waals surface area contributed by atoms with Crippen molar-refractivity contribution in [1.29, 1.82) is 0 Å². The highest BCUT2D eigenvalue weighted by Gasteiger charge is 2.51. The molecule has 4 atom stereocenters. The highest BCUT2D eigenvalue weighted by Crippen LogP contribution is 2.48. The second kappa shape index (κ2) is 5.35.